The number of para-hydroxylation sites is 1. The number of hydrogen-bond donors (Lipinski definition) is 2. The van der Waals surface area contributed by atoms with Gasteiger partial charge in [-0.15, -0.1) is 11.3 Å². The molecule has 0 saturated heterocycles. The lowest BCUT2D eigenvalue weighted by Gasteiger charge is -2.19. The van der Waals surface area contributed by atoms with Crippen LogP contribution in [0.25, 0.3) is 10.2 Å². The molecule has 2 N–H and O–H groups in total. The quantitative estimate of drug-likeness (QED) is 0.633. The summed E-state index contributed by atoms with van der Waals surface area (Å²) < 4.78 is 1.15. The van der Waals surface area contributed by atoms with Gasteiger partial charge in [0.1, 0.15) is 0 Å². The monoisotopic (exact) mass is 395 g/mol. The van der Waals surface area contributed by atoms with Crippen molar-refractivity contribution in [3.05, 3.63) is 64.7 Å². The average Bonchev–Trinajstić information content (AvgIpc) is 3.10. The van der Waals surface area contributed by atoms with E-state index in [4.69, 9.17) is 0 Å². The van der Waals surface area contributed by atoms with Crippen LogP contribution in [-0.2, 0) is 9.59 Å². The molecule has 3 rings (SSSR count). The second kappa shape index (κ2) is 8.97. The van der Waals surface area contributed by atoms with Crippen molar-refractivity contribution in [2.75, 3.05) is 6.54 Å². The molecule has 146 valence electrons. The van der Waals surface area contributed by atoms with Gasteiger partial charge in [-0.3, -0.25) is 9.59 Å². The van der Waals surface area contributed by atoms with Crippen LogP contribution < -0.4 is 10.6 Å². The zero-order valence-electron chi connectivity index (χ0n) is 16.4. The van der Waals surface area contributed by atoms with Crippen LogP contribution in [0.1, 0.15) is 48.4 Å². The van der Waals surface area contributed by atoms with Crippen LogP contribution in [0.3, 0.4) is 0 Å². The minimum Gasteiger partial charge on any atom is -0.355 e. The topological polar surface area (TPSA) is 71.1 Å². The molecule has 2 unspecified atom stereocenters. The Balaban J connectivity index is 1.60. The first-order valence-corrected chi connectivity index (χ1v) is 10.2. The van der Waals surface area contributed by atoms with Gasteiger partial charge < -0.3 is 10.6 Å². The van der Waals surface area contributed by atoms with Gasteiger partial charge >= 0.3 is 0 Å². The standard InChI is InChI=1S/C22H25N3O2S/c1-14-8-10-17(11-9-14)19(24-16(3)26)12-21(27)23-13-15(2)22-25-18-6-4-5-7-20(18)28-22/h4-11,15,19H,12-13H2,1-3H3,(H,23,27)(H,24,26). The molecule has 0 aliphatic heterocycles. The number of benzene rings is 2. The van der Waals surface area contributed by atoms with Crippen LogP contribution in [0, 0.1) is 6.92 Å². The van der Waals surface area contributed by atoms with Crippen LogP contribution >= 0.6 is 11.3 Å². The Morgan fingerprint density at radius 2 is 1.82 bits per heavy atom. The molecule has 0 radical (unpaired) electrons. The molecule has 0 saturated carbocycles. The Kier molecular flexibility index (Phi) is 6.41. The van der Waals surface area contributed by atoms with Gasteiger partial charge in [0.25, 0.3) is 0 Å². The van der Waals surface area contributed by atoms with Gasteiger partial charge in [-0.05, 0) is 24.6 Å². The van der Waals surface area contributed by atoms with E-state index in [2.05, 4.69) is 28.6 Å². The minimum absolute atomic E-state index is 0.0905. The second-order valence-electron chi connectivity index (χ2n) is 7.09. The normalized spacial score (nSPS) is 13.1. The summed E-state index contributed by atoms with van der Waals surface area (Å²) in [7, 11) is 0. The number of carbonyl (C=O) groups excluding carboxylic acids is 2. The highest BCUT2D eigenvalue weighted by Crippen LogP contribution is 2.27. The largest absolute Gasteiger partial charge is 0.355 e. The SMILES string of the molecule is CC(=O)NC(CC(=O)NCC(C)c1nc2ccccc2s1)c1ccc(C)cc1. The Hall–Kier alpha value is -2.73. The van der Waals surface area contributed by atoms with E-state index in [9.17, 15) is 9.59 Å². The number of fused-ring (bicyclic) bond motifs is 1. The summed E-state index contributed by atoms with van der Waals surface area (Å²) in [5.74, 6) is -0.117. The van der Waals surface area contributed by atoms with Crippen LogP contribution in [-0.4, -0.2) is 23.3 Å². The van der Waals surface area contributed by atoms with Crippen molar-refractivity contribution in [1.29, 1.82) is 0 Å². The Morgan fingerprint density at radius 3 is 2.50 bits per heavy atom. The molecule has 3 aromatic rings. The van der Waals surface area contributed by atoms with Gasteiger partial charge in [-0.25, -0.2) is 4.98 Å². The Bertz CT molecular complexity index is 932. The fraction of sp³-hybridized carbons (Fsp3) is 0.318. The first kappa shape index (κ1) is 20.0. The fourth-order valence-corrected chi connectivity index (χ4v) is 4.03. The van der Waals surface area contributed by atoms with E-state index in [0.717, 1.165) is 26.4 Å². The van der Waals surface area contributed by atoms with Gasteiger partial charge in [0.2, 0.25) is 11.8 Å². The van der Waals surface area contributed by atoms with Crippen molar-refractivity contribution in [2.45, 2.75) is 39.2 Å². The molecule has 5 nitrogen and oxygen atoms in total. The van der Waals surface area contributed by atoms with Gasteiger partial charge in [0.15, 0.2) is 0 Å². The maximum absolute atomic E-state index is 12.5. The molecular weight excluding hydrogens is 370 g/mol. The van der Waals surface area contributed by atoms with Crippen molar-refractivity contribution < 1.29 is 9.59 Å². The van der Waals surface area contributed by atoms with Crippen LogP contribution in [0.2, 0.25) is 0 Å². The van der Waals surface area contributed by atoms with E-state index >= 15 is 0 Å². The van der Waals surface area contributed by atoms with Gasteiger partial charge in [0.05, 0.1) is 27.7 Å². The number of thiazole rings is 1. The molecule has 2 aromatic carbocycles. The number of carbonyl (C=O) groups is 2. The zero-order valence-corrected chi connectivity index (χ0v) is 17.2. The molecular formula is C22H25N3O2S. The molecule has 1 heterocycles. The van der Waals surface area contributed by atoms with Gasteiger partial charge in [-0.2, -0.15) is 0 Å². The summed E-state index contributed by atoms with van der Waals surface area (Å²) in [4.78, 5) is 28.7. The van der Waals surface area contributed by atoms with Crippen LogP contribution in [0.15, 0.2) is 48.5 Å². The van der Waals surface area contributed by atoms with Crippen molar-refractivity contribution >= 4 is 33.4 Å². The average molecular weight is 396 g/mol. The maximum atomic E-state index is 12.5. The fourth-order valence-electron chi connectivity index (χ4n) is 3.01. The predicted octanol–water partition coefficient (Wildman–Crippen LogP) is 4.09. The third kappa shape index (κ3) is 5.16. The Morgan fingerprint density at radius 1 is 1.11 bits per heavy atom. The molecule has 0 fully saturated rings. The molecule has 28 heavy (non-hydrogen) atoms. The summed E-state index contributed by atoms with van der Waals surface area (Å²) in [6.45, 7) is 6.05. The number of hydrogen-bond acceptors (Lipinski definition) is 4. The van der Waals surface area contributed by atoms with E-state index in [0.29, 0.717) is 6.54 Å². The van der Waals surface area contributed by atoms with E-state index in [1.54, 1.807) is 11.3 Å². The molecule has 1 aromatic heterocycles. The lowest BCUT2D eigenvalue weighted by atomic mass is 10.0. The minimum atomic E-state index is -0.337. The molecule has 2 amide bonds. The summed E-state index contributed by atoms with van der Waals surface area (Å²) in [6.07, 6.45) is 0.204. The van der Waals surface area contributed by atoms with E-state index in [1.807, 2.05) is 49.4 Å². The van der Waals surface area contributed by atoms with Crippen molar-refractivity contribution in [3.63, 3.8) is 0 Å². The lowest BCUT2D eigenvalue weighted by molar-refractivity contribution is -0.122. The number of aromatic nitrogens is 1. The lowest BCUT2D eigenvalue weighted by Crippen LogP contribution is -2.34. The van der Waals surface area contributed by atoms with Crippen molar-refractivity contribution in [1.82, 2.24) is 15.6 Å². The predicted molar refractivity (Wildman–Crippen MR) is 113 cm³/mol. The summed E-state index contributed by atoms with van der Waals surface area (Å²) in [5.41, 5.74) is 3.06. The number of aryl methyl sites for hydroxylation is 1. The number of nitrogens with zero attached hydrogens (tertiary/aromatic N) is 1. The van der Waals surface area contributed by atoms with Crippen LogP contribution in [0.5, 0.6) is 0 Å². The zero-order chi connectivity index (χ0) is 20.1. The van der Waals surface area contributed by atoms with E-state index < -0.39 is 0 Å². The highest BCUT2D eigenvalue weighted by molar-refractivity contribution is 7.18. The van der Waals surface area contributed by atoms with Crippen molar-refractivity contribution in [3.8, 4) is 0 Å². The third-order valence-corrected chi connectivity index (χ3v) is 5.85. The molecule has 2 atom stereocenters. The third-order valence-electron chi connectivity index (χ3n) is 4.58. The molecule has 6 heteroatoms. The van der Waals surface area contributed by atoms with Crippen LogP contribution in [0.4, 0.5) is 0 Å². The Labute approximate surface area is 169 Å². The highest BCUT2D eigenvalue weighted by Gasteiger charge is 2.18. The van der Waals surface area contributed by atoms with Crippen molar-refractivity contribution in [2.24, 2.45) is 0 Å². The molecule has 0 aliphatic carbocycles. The summed E-state index contributed by atoms with van der Waals surface area (Å²) in [6, 6.07) is 15.6. The number of amides is 2. The molecule has 0 spiro atoms. The first-order chi connectivity index (χ1) is 13.4. The molecule has 0 bridgehead atoms. The highest BCUT2D eigenvalue weighted by atomic mass is 32.1. The van der Waals surface area contributed by atoms with E-state index in [-0.39, 0.29) is 30.2 Å². The second-order valence-corrected chi connectivity index (χ2v) is 8.16. The summed E-state index contributed by atoms with van der Waals surface area (Å²) >= 11 is 1.66. The first-order valence-electron chi connectivity index (χ1n) is 9.38. The number of rotatable bonds is 7. The molecule has 0 aliphatic rings. The van der Waals surface area contributed by atoms with E-state index in [1.165, 1.54) is 6.92 Å². The summed E-state index contributed by atoms with van der Waals surface area (Å²) in [5, 5.41) is 6.87. The maximum Gasteiger partial charge on any atom is 0.222 e. The van der Waals surface area contributed by atoms with Gasteiger partial charge in [-0.1, -0.05) is 48.9 Å². The number of nitrogens with one attached hydrogen (secondary N) is 2. The van der Waals surface area contributed by atoms with Gasteiger partial charge in [0, 0.05) is 19.4 Å². The smallest absolute Gasteiger partial charge is 0.222 e.